The Labute approximate surface area is 92.3 Å². The minimum atomic E-state index is -1.01. The van der Waals surface area contributed by atoms with Crippen molar-refractivity contribution < 1.29 is 24.1 Å². The fraction of sp³-hybridized carbons (Fsp3) is 0.545. The van der Waals surface area contributed by atoms with Crippen molar-refractivity contribution >= 4 is 5.97 Å². The number of hydrogen-bond acceptors (Lipinski definition) is 5. The molecule has 1 N–H and O–H groups in total. The van der Waals surface area contributed by atoms with Crippen molar-refractivity contribution in [1.29, 1.82) is 0 Å². The minimum Gasteiger partial charge on any atom is -0.471 e. The van der Waals surface area contributed by atoms with Gasteiger partial charge < -0.3 is 19.3 Å². The summed E-state index contributed by atoms with van der Waals surface area (Å²) in [6.45, 7) is 0.206. The second kappa shape index (κ2) is 3.09. The molecule has 5 nitrogen and oxygen atoms in total. The normalized spacial score (nSPS) is 43.6. The number of esters is 1. The maximum atomic E-state index is 11.5. The third kappa shape index (κ3) is 1.10. The van der Waals surface area contributed by atoms with Crippen molar-refractivity contribution in [3.8, 4) is 0 Å². The van der Waals surface area contributed by atoms with Gasteiger partial charge in [0.25, 0.3) is 0 Å². The third-order valence-electron chi connectivity index (χ3n) is 3.44. The molecule has 0 spiro atoms. The summed E-state index contributed by atoms with van der Waals surface area (Å²) < 4.78 is 15.3. The minimum absolute atomic E-state index is 0.182. The quantitative estimate of drug-likeness (QED) is 0.500. The van der Waals surface area contributed by atoms with Gasteiger partial charge in [0.05, 0.1) is 31.5 Å². The van der Waals surface area contributed by atoms with Crippen LogP contribution < -0.4 is 0 Å². The Morgan fingerprint density at radius 1 is 1.69 bits per heavy atom. The Kier molecular flexibility index (Phi) is 1.90. The number of rotatable bonds is 1. The molecule has 0 saturated carbocycles. The molecule has 0 aromatic carbocycles. The first-order chi connectivity index (χ1) is 7.65. The Balaban J connectivity index is 1.98. The molecule has 1 unspecified atom stereocenters. The number of ether oxygens (including phenoxy) is 3. The van der Waals surface area contributed by atoms with E-state index in [-0.39, 0.29) is 18.4 Å². The van der Waals surface area contributed by atoms with Crippen LogP contribution in [0.4, 0.5) is 0 Å². The van der Waals surface area contributed by atoms with Gasteiger partial charge in [0.1, 0.15) is 5.60 Å². The zero-order valence-corrected chi connectivity index (χ0v) is 8.75. The maximum Gasteiger partial charge on any atom is 0.337 e. The molecule has 0 radical (unpaired) electrons. The van der Waals surface area contributed by atoms with Crippen LogP contribution in [-0.2, 0) is 19.0 Å². The molecule has 2 aliphatic heterocycles. The molecule has 0 aromatic rings. The van der Waals surface area contributed by atoms with Crippen molar-refractivity contribution in [2.24, 2.45) is 11.8 Å². The summed E-state index contributed by atoms with van der Waals surface area (Å²) in [6.07, 6.45) is 4.41. The lowest BCUT2D eigenvalue weighted by atomic mass is 9.81. The van der Waals surface area contributed by atoms with Gasteiger partial charge in [0, 0.05) is 5.92 Å². The molecule has 1 aliphatic carbocycles. The van der Waals surface area contributed by atoms with E-state index in [1.807, 2.05) is 6.08 Å². The van der Waals surface area contributed by atoms with E-state index >= 15 is 0 Å². The number of carbonyl (C=O) groups excluding carboxylic acids is 1. The number of allylic oxidation sites excluding steroid dienone is 1. The third-order valence-corrected chi connectivity index (χ3v) is 3.44. The highest BCUT2D eigenvalue weighted by atomic mass is 16.7. The molecule has 3 aliphatic rings. The van der Waals surface area contributed by atoms with Gasteiger partial charge in [-0.2, -0.15) is 0 Å². The molecule has 0 bridgehead atoms. The molecule has 16 heavy (non-hydrogen) atoms. The highest BCUT2D eigenvalue weighted by Gasteiger charge is 2.58. The van der Waals surface area contributed by atoms with Crippen LogP contribution in [0, 0.1) is 11.8 Å². The predicted octanol–water partition coefficient (Wildman–Crippen LogP) is -0.0369. The van der Waals surface area contributed by atoms with Gasteiger partial charge in [-0.05, 0) is 0 Å². The second-order valence-corrected chi connectivity index (χ2v) is 4.28. The van der Waals surface area contributed by atoms with Crippen molar-refractivity contribution in [1.82, 2.24) is 0 Å². The second-order valence-electron chi connectivity index (χ2n) is 4.28. The van der Waals surface area contributed by atoms with Gasteiger partial charge in [0.15, 0.2) is 0 Å². The van der Waals surface area contributed by atoms with E-state index in [0.717, 1.165) is 0 Å². The lowest BCUT2D eigenvalue weighted by Gasteiger charge is -2.31. The van der Waals surface area contributed by atoms with E-state index < -0.39 is 17.9 Å². The smallest absolute Gasteiger partial charge is 0.337 e. The monoisotopic (exact) mass is 224 g/mol. The molecule has 1 fully saturated rings. The summed E-state index contributed by atoms with van der Waals surface area (Å²) in [6, 6.07) is 0. The zero-order chi connectivity index (χ0) is 11.3. The zero-order valence-electron chi connectivity index (χ0n) is 8.75. The van der Waals surface area contributed by atoms with E-state index in [2.05, 4.69) is 4.74 Å². The van der Waals surface area contributed by atoms with E-state index in [0.29, 0.717) is 5.57 Å². The van der Waals surface area contributed by atoms with Crippen molar-refractivity contribution in [3.63, 3.8) is 0 Å². The fourth-order valence-corrected chi connectivity index (χ4v) is 2.62. The average Bonchev–Trinajstić information content (AvgIpc) is 2.81. The van der Waals surface area contributed by atoms with Gasteiger partial charge in [-0.15, -0.1) is 0 Å². The molecule has 3 rings (SSSR count). The summed E-state index contributed by atoms with van der Waals surface area (Å²) >= 11 is 0. The Morgan fingerprint density at radius 3 is 3.25 bits per heavy atom. The van der Waals surface area contributed by atoms with Gasteiger partial charge in [-0.1, -0.05) is 12.2 Å². The summed E-state index contributed by atoms with van der Waals surface area (Å²) in [5, 5.41) is 10.2. The summed E-state index contributed by atoms with van der Waals surface area (Å²) in [7, 11) is 1.32. The van der Waals surface area contributed by atoms with Crippen molar-refractivity contribution in [3.05, 3.63) is 24.0 Å². The first-order valence-corrected chi connectivity index (χ1v) is 5.13. The highest BCUT2D eigenvalue weighted by Crippen LogP contribution is 2.48. The SMILES string of the molecule is COC(=O)C1=COC2OC[C@]3(O)C=C[C@@H]1[C@@H]23. The number of methoxy groups -OCH3 is 1. The van der Waals surface area contributed by atoms with Gasteiger partial charge in [-0.3, -0.25) is 0 Å². The predicted molar refractivity (Wildman–Crippen MR) is 52.0 cm³/mol. The van der Waals surface area contributed by atoms with E-state index in [4.69, 9.17) is 9.47 Å². The molecule has 4 atom stereocenters. The van der Waals surface area contributed by atoms with Crippen molar-refractivity contribution in [2.75, 3.05) is 13.7 Å². The maximum absolute atomic E-state index is 11.5. The van der Waals surface area contributed by atoms with Crippen LogP contribution in [-0.4, -0.2) is 36.7 Å². The molecule has 2 heterocycles. The molecule has 86 valence electrons. The summed E-state index contributed by atoms with van der Waals surface area (Å²) in [4.78, 5) is 11.5. The molecule has 0 amide bonds. The first kappa shape index (κ1) is 9.86. The molecular weight excluding hydrogens is 212 g/mol. The lowest BCUT2D eigenvalue weighted by molar-refractivity contribution is -0.141. The van der Waals surface area contributed by atoms with Crippen LogP contribution in [0.3, 0.4) is 0 Å². The number of carbonyl (C=O) groups is 1. The van der Waals surface area contributed by atoms with E-state index in [9.17, 15) is 9.90 Å². The van der Waals surface area contributed by atoms with Crippen LogP contribution in [0.25, 0.3) is 0 Å². The Bertz CT molecular complexity index is 399. The lowest BCUT2D eigenvalue weighted by Crippen LogP contribution is -2.41. The Hall–Kier alpha value is -1.33. The topological polar surface area (TPSA) is 65.0 Å². The van der Waals surface area contributed by atoms with Crippen LogP contribution in [0.15, 0.2) is 24.0 Å². The number of aliphatic hydroxyl groups is 1. The van der Waals surface area contributed by atoms with Crippen LogP contribution >= 0.6 is 0 Å². The van der Waals surface area contributed by atoms with Crippen molar-refractivity contribution in [2.45, 2.75) is 11.9 Å². The molecule has 0 aromatic heterocycles. The van der Waals surface area contributed by atoms with Gasteiger partial charge in [-0.25, -0.2) is 4.79 Å². The van der Waals surface area contributed by atoms with E-state index in [1.54, 1.807) is 6.08 Å². The standard InChI is InChI=1S/C11H12O5/c1-14-9(12)7-4-15-10-8-6(7)2-3-11(8,13)5-16-10/h2-4,6,8,10,13H,5H2,1H3/t6-,8-,10?,11+/m0/s1. The van der Waals surface area contributed by atoms with Crippen LogP contribution in [0.2, 0.25) is 0 Å². The summed E-state index contributed by atoms with van der Waals surface area (Å²) in [5.41, 5.74) is -0.579. The van der Waals surface area contributed by atoms with Gasteiger partial charge in [0.2, 0.25) is 6.29 Å². The first-order valence-electron chi connectivity index (χ1n) is 5.13. The van der Waals surface area contributed by atoms with Crippen LogP contribution in [0.1, 0.15) is 0 Å². The summed E-state index contributed by atoms with van der Waals surface area (Å²) in [5.74, 6) is -0.852. The largest absolute Gasteiger partial charge is 0.471 e. The molecule has 1 saturated heterocycles. The van der Waals surface area contributed by atoms with Gasteiger partial charge >= 0.3 is 5.97 Å². The molecular formula is C11H12O5. The number of hydrogen-bond donors (Lipinski definition) is 1. The fourth-order valence-electron chi connectivity index (χ4n) is 2.62. The highest BCUT2D eigenvalue weighted by molar-refractivity contribution is 5.89. The van der Waals surface area contributed by atoms with Crippen LogP contribution in [0.5, 0.6) is 0 Å². The molecule has 5 heteroatoms. The Morgan fingerprint density at radius 2 is 2.50 bits per heavy atom. The average molecular weight is 224 g/mol. The van der Waals surface area contributed by atoms with E-state index in [1.165, 1.54) is 13.4 Å².